The fourth-order valence-corrected chi connectivity index (χ4v) is 4.38. The Bertz CT molecular complexity index is 558. The zero-order valence-corrected chi connectivity index (χ0v) is 18.8. The van der Waals surface area contributed by atoms with Crippen LogP contribution in [-0.2, 0) is 0 Å². The average Bonchev–Trinajstić information content (AvgIpc) is 3.25. The van der Waals surface area contributed by atoms with Crippen LogP contribution in [0.2, 0.25) is 0 Å². The number of guanidine groups is 1. The fourth-order valence-electron chi connectivity index (χ4n) is 1.95. The number of hydrogen-bond donors (Lipinski definition) is 2. The van der Waals surface area contributed by atoms with E-state index in [0.29, 0.717) is 5.92 Å². The summed E-state index contributed by atoms with van der Waals surface area (Å²) in [5.74, 6) is 2.45. The van der Waals surface area contributed by atoms with Crippen LogP contribution in [0.15, 0.2) is 38.4 Å². The summed E-state index contributed by atoms with van der Waals surface area (Å²) >= 11 is 5.32. The van der Waals surface area contributed by atoms with Gasteiger partial charge in [-0.05, 0) is 24.8 Å². The van der Waals surface area contributed by atoms with Gasteiger partial charge in [0.1, 0.15) is 4.34 Å². The maximum absolute atomic E-state index is 4.70. The maximum atomic E-state index is 4.70. The zero-order valence-electron chi connectivity index (χ0n) is 14.0. The minimum atomic E-state index is 0. The molecule has 0 saturated carbocycles. The number of thioether (sulfide) groups is 1. The Kier molecular flexibility index (Phi) is 11.7. The van der Waals surface area contributed by atoms with E-state index in [2.05, 4.69) is 47.0 Å². The van der Waals surface area contributed by atoms with E-state index in [9.17, 15) is 0 Å². The lowest BCUT2D eigenvalue weighted by Crippen LogP contribution is -2.38. The molecule has 0 aliphatic heterocycles. The zero-order chi connectivity index (χ0) is 16.3. The Morgan fingerprint density at radius 1 is 1.33 bits per heavy atom. The van der Waals surface area contributed by atoms with E-state index >= 15 is 0 Å². The van der Waals surface area contributed by atoms with Gasteiger partial charge in [-0.1, -0.05) is 24.8 Å². The van der Waals surface area contributed by atoms with Crippen molar-refractivity contribution >= 4 is 64.4 Å². The van der Waals surface area contributed by atoms with Gasteiger partial charge in [0, 0.05) is 41.2 Å². The van der Waals surface area contributed by atoms with Gasteiger partial charge < -0.3 is 10.6 Å². The van der Waals surface area contributed by atoms with Crippen molar-refractivity contribution in [3.05, 3.63) is 34.0 Å². The van der Waals surface area contributed by atoms with Crippen LogP contribution in [0.4, 0.5) is 0 Å². The van der Waals surface area contributed by atoms with Crippen molar-refractivity contribution in [3.63, 3.8) is 0 Å². The minimum absolute atomic E-state index is 0. The third kappa shape index (κ3) is 8.17. The second-order valence-electron chi connectivity index (χ2n) is 5.06. The van der Waals surface area contributed by atoms with Gasteiger partial charge in [0.05, 0.1) is 6.54 Å². The molecule has 0 radical (unpaired) electrons. The van der Waals surface area contributed by atoms with Gasteiger partial charge >= 0.3 is 0 Å². The minimum Gasteiger partial charge on any atom is -0.357 e. The number of aliphatic imine (C=N–C) groups is 1. The normalized spacial score (nSPS) is 12.5. The lowest BCUT2D eigenvalue weighted by Gasteiger charge is -2.12. The molecule has 134 valence electrons. The SMILES string of the molecule is CCNC(=NCC(C)c1cccs1)NCCCSc1nccs1.I. The highest BCUT2D eigenvalue weighted by atomic mass is 127. The van der Waals surface area contributed by atoms with Gasteiger partial charge in [-0.3, -0.25) is 4.99 Å². The molecule has 0 fully saturated rings. The smallest absolute Gasteiger partial charge is 0.191 e. The Hall–Kier alpha value is -0.320. The van der Waals surface area contributed by atoms with Crippen LogP contribution in [0.5, 0.6) is 0 Å². The number of nitrogens with one attached hydrogen (secondary N) is 2. The molecule has 2 rings (SSSR count). The molecule has 0 aromatic carbocycles. The first kappa shape index (κ1) is 21.7. The van der Waals surface area contributed by atoms with E-state index < -0.39 is 0 Å². The molecule has 0 amide bonds. The van der Waals surface area contributed by atoms with E-state index in [-0.39, 0.29) is 24.0 Å². The Balaban J connectivity index is 0.00000288. The standard InChI is InChI=1S/C16H24N4S3.HI/c1-3-17-15(20-12-13(2)14-6-4-9-21-14)18-7-5-10-22-16-19-8-11-23-16;/h4,6,8-9,11,13H,3,5,7,10,12H2,1-2H3,(H2,17,18,20);1H. The van der Waals surface area contributed by atoms with Crippen molar-refractivity contribution in [2.24, 2.45) is 4.99 Å². The summed E-state index contributed by atoms with van der Waals surface area (Å²) in [6.45, 7) is 6.94. The van der Waals surface area contributed by atoms with Gasteiger partial charge in [0.25, 0.3) is 0 Å². The third-order valence-corrected chi connectivity index (χ3v) is 6.30. The molecule has 1 unspecified atom stereocenters. The molecule has 2 aromatic heterocycles. The number of hydrogen-bond acceptors (Lipinski definition) is 5. The quantitative estimate of drug-likeness (QED) is 0.174. The molecule has 2 N–H and O–H groups in total. The summed E-state index contributed by atoms with van der Waals surface area (Å²) in [7, 11) is 0. The van der Waals surface area contributed by atoms with Crippen LogP contribution in [0.3, 0.4) is 0 Å². The lowest BCUT2D eigenvalue weighted by molar-refractivity contribution is 0.751. The summed E-state index contributed by atoms with van der Waals surface area (Å²) in [6, 6.07) is 4.28. The number of halogens is 1. The van der Waals surface area contributed by atoms with Crippen molar-refractivity contribution < 1.29 is 0 Å². The second kappa shape index (κ2) is 13.0. The topological polar surface area (TPSA) is 49.3 Å². The van der Waals surface area contributed by atoms with Crippen LogP contribution in [0.25, 0.3) is 0 Å². The Labute approximate surface area is 174 Å². The van der Waals surface area contributed by atoms with Crippen molar-refractivity contribution in [1.29, 1.82) is 0 Å². The van der Waals surface area contributed by atoms with Gasteiger partial charge in [-0.2, -0.15) is 0 Å². The van der Waals surface area contributed by atoms with Crippen LogP contribution in [0, 0.1) is 0 Å². The van der Waals surface area contributed by atoms with Crippen molar-refractivity contribution in [1.82, 2.24) is 15.6 Å². The lowest BCUT2D eigenvalue weighted by atomic mass is 10.1. The van der Waals surface area contributed by atoms with Gasteiger partial charge in [-0.25, -0.2) is 4.98 Å². The van der Waals surface area contributed by atoms with Gasteiger partial charge in [0.2, 0.25) is 0 Å². The summed E-state index contributed by atoms with van der Waals surface area (Å²) < 4.78 is 1.15. The third-order valence-electron chi connectivity index (χ3n) is 3.15. The molecule has 0 aliphatic carbocycles. The van der Waals surface area contributed by atoms with Crippen molar-refractivity contribution in [2.75, 3.05) is 25.4 Å². The first-order valence-electron chi connectivity index (χ1n) is 7.87. The van der Waals surface area contributed by atoms with Gasteiger partial charge in [-0.15, -0.1) is 46.7 Å². The number of thiophene rings is 1. The van der Waals surface area contributed by atoms with Crippen LogP contribution < -0.4 is 10.6 Å². The van der Waals surface area contributed by atoms with E-state index in [0.717, 1.165) is 42.1 Å². The second-order valence-corrected chi connectivity index (χ2v) is 8.28. The molecule has 2 aromatic rings. The number of aromatic nitrogens is 1. The molecular formula is C16H25IN4S3. The maximum Gasteiger partial charge on any atom is 0.191 e. The predicted octanol–water partition coefficient (Wildman–Crippen LogP) is 4.66. The van der Waals surface area contributed by atoms with Crippen LogP contribution in [-0.4, -0.2) is 36.3 Å². The first-order chi connectivity index (χ1) is 11.3. The summed E-state index contributed by atoms with van der Waals surface area (Å²) in [6.07, 6.45) is 2.95. The monoisotopic (exact) mass is 496 g/mol. The van der Waals surface area contributed by atoms with Gasteiger partial charge in [0.15, 0.2) is 5.96 Å². The van der Waals surface area contributed by atoms with Crippen molar-refractivity contribution in [2.45, 2.75) is 30.5 Å². The van der Waals surface area contributed by atoms with Crippen molar-refractivity contribution in [3.8, 4) is 0 Å². The number of thiazole rings is 1. The number of nitrogens with zero attached hydrogens (tertiary/aromatic N) is 2. The first-order valence-corrected chi connectivity index (χ1v) is 10.6. The Morgan fingerprint density at radius 2 is 2.21 bits per heavy atom. The molecule has 0 bridgehead atoms. The fraction of sp³-hybridized carbons (Fsp3) is 0.500. The molecule has 0 spiro atoms. The van der Waals surface area contributed by atoms with E-state index in [1.807, 2.05) is 23.3 Å². The Morgan fingerprint density at radius 3 is 2.88 bits per heavy atom. The summed E-state index contributed by atoms with van der Waals surface area (Å²) in [4.78, 5) is 10.4. The highest BCUT2D eigenvalue weighted by molar-refractivity contribution is 14.0. The largest absolute Gasteiger partial charge is 0.357 e. The van der Waals surface area contributed by atoms with E-state index in [1.54, 1.807) is 22.7 Å². The molecule has 0 aliphatic rings. The average molecular weight is 497 g/mol. The van der Waals surface area contributed by atoms with E-state index in [1.165, 1.54) is 4.88 Å². The summed E-state index contributed by atoms with van der Waals surface area (Å²) in [5.41, 5.74) is 0. The van der Waals surface area contributed by atoms with Crippen LogP contribution >= 0.6 is 58.4 Å². The molecule has 24 heavy (non-hydrogen) atoms. The molecule has 4 nitrogen and oxygen atoms in total. The molecule has 0 saturated heterocycles. The highest BCUT2D eigenvalue weighted by Crippen LogP contribution is 2.21. The molecule has 2 heterocycles. The molecular weight excluding hydrogens is 471 g/mol. The predicted molar refractivity (Wildman–Crippen MR) is 120 cm³/mol. The van der Waals surface area contributed by atoms with E-state index in [4.69, 9.17) is 4.99 Å². The molecule has 1 atom stereocenters. The number of rotatable bonds is 9. The highest BCUT2D eigenvalue weighted by Gasteiger charge is 2.06. The molecule has 8 heteroatoms. The summed E-state index contributed by atoms with van der Waals surface area (Å²) in [5, 5.41) is 10.9. The van der Waals surface area contributed by atoms with Crippen LogP contribution in [0.1, 0.15) is 31.1 Å².